The molecule has 0 heteroatoms. The van der Waals surface area contributed by atoms with E-state index in [-0.39, 0.29) is 0 Å². The largest absolute Gasteiger partial charge is 0.0801 e. The van der Waals surface area contributed by atoms with E-state index in [4.69, 9.17) is 0 Å². The molecule has 2 aromatic carbocycles. The summed E-state index contributed by atoms with van der Waals surface area (Å²) in [5, 5.41) is 0. The van der Waals surface area contributed by atoms with E-state index in [1.165, 1.54) is 17.5 Å². The molecule has 1 unspecified atom stereocenters. The molecule has 1 aliphatic rings. The Morgan fingerprint density at radius 2 is 1.41 bits per heavy atom. The molecule has 0 saturated heterocycles. The van der Waals surface area contributed by atoms with Crippen molar-refractivity contribution in [1.82, 2.24) is 0 Å². The van der Waals surface area contributed by atoms with Crippen molar-refractivity contribution in [2.75, 3.05) is 0 Å². The Labute approximate surface area is 134 Å². The lowest BCUT2D eigenvalue weighted by atomic mass is 9.80. The highest BCUT2D eigenvalue weighted by Crippen LogP contribution is 2.40. The Bertz CT molecular complexity index is 622. The van der Waals surface area contributed by atoms with E-state index in [0.29, 0.717) is 11.8 Å². The molecule has 3 rings (SSSR count). The summed E-state index contributed by atoms with van der Waals surface area (Å²) < 4.78 is 0. The van der Waals surface area contributed by atoms with Gasteiger partial charge in [-0.3, -0.25) is 0 Å². The van der Waals surface area contributed by atoms with Crippen LogP contribution in [-0.4, -0.2) is 0 Å². The molecule has 112 valence electrons. The van der Waals surface area contributed by atoms with Gasteiger partial charge in [0.2, 0.25) is 0 Å². The van der Waals surface area contributed by atoms with Gasteiger partial charge < -0.3 is 0 Å². The molecule has 0 aliphatic heterocycles. The Balaban J connectivity index is 2.11. The molecule has 1 aliphatic carbocycles. The maximum Gasteiger partial charge on any atom is 0.0307 e. The minimum absolute atomic E-state index is 0.376. The molecule has 0 fully saturated rings. The van der Waals surface area contributed by atoms with Crippen molar-refractivity contribution >= 4 is 0 Å². The molecule has 0 spiro atoms. The van der Waals surface area contributed by atoms with Crippen LogP contribution < -0.4 is 0 Å². The predicted octanol–water partition coefficient (Wildman–Crippen LogP) is 6.12. The number of rotatable bonds is 5. The van der Waals surface area contributed by atoms with Crippen LogP contribution >= 0.6 is 0 Å². The molecular weight excluding hydrogens is 264 g/mol. The second-order valence-electron chi connectivity index (χ2n) is 6.15. The van der Waals surface area contributed by atoms with Crippen molar-refractivity contribution < 1.29 is 0 Å². The normalized spacial score (nSPS) is 15.6. The van der Waals surface area contributed by atoms with Crippen LogP contribution in [0.15, 0.2) is 84.0 Å². The average Bonchev–Trinajstić information content (AvgIpc) is 3.06. The van der Waals surface area contributed by atoms with Crippen molar-refractivity contribution in [3.63, 3.8) is 0 Å². The Morgan fingerprint density at radius 1 is 0.864 bits per heavy atom. The second kappa shape index (κ2) is 6.79. The van der Waals surface area contributed by atoms with Crippen LogP contribution in [0, 0.1) is 5.92 Å². The molecule has 0 radical (unpaired) electrons. The second-order valence-corrected chi connectivity index (χ2v) is 6.15. The van der Waals surface area contributed by atoms with Crippen molar-refractivity contribution in [1.29, 1.82) is 0 Å². The van der Waals surface area contributed by atoms with Gasteiger partial charge >= 0.3 is 0 Å². The summed E-state index contributed by atoms with van der Waals surface area (Å²) >= 11 is 0. The summed E-state index contributed by atoms with van der Waals surface area (Å²) in [5.74, 6) is 1.00. The van der Waals surface area contributed by atoms with Crippen LogP contribution in [0.1, 0.15) is 43.7 Å². The van der Waals surface area contributed by atoms with Gasteiger partial charge in [0.15, 0.2) is 0 Å². The zero-order chi connectivity index (χ0) is 15.4. The highest BCUT2D eigenvalue weighted by molar-refractivity contribution is 5.48. The molecular formula is C22H24. The highest BCUT2D eigenvalue weighted by Gasteiger charge is 2.24. The van der Waals surface area contributed by atoms with Gasteiger partial charge in [0.1, 0.15) is 0 Å². The number of allylic oxidation sites excluding steroid dienone is 4. The van der Waals surface area contributed by atoms with Crippen molar-refractivity contribution in [2.24, 2.45) is 5.92 Å². The first-order valence-corrected chi connectivity index (χ1v) is 8.30. The Kier molecular flexibility index (Phi) is 4.58. The van der Waals surface area contributed by atoms with Gasteiger partial charge in [-0.2, -0.15) is 0 Å². The van der Waals surface area contributed by atoms with E-state index in [9.17, 15) is 0 Å². The first kappa shape index (κ1) is 14.8. The monoisotopic (exact) mass is 288 g/mol. The minimum atomic E-state index is 0.376. The lowest BCUT2D eigenvalue weighted by Crippen LogP contribution is -2.08. The fourth-order valence-corrected chi connectivity index (χ4v) is 3.41. The quantitative estimate of drug-likeness (QED) is 0.621. The topological polar surface area (TPSA) is 0 Å². The average molecular weight is 288 g/mol. The van der Waals surface area contributed by atoms with E-state index in [2.05, 4.69) is 86.7 Å². The third-order valence-corrected chi connectivity index (χ3v) is 4.76. The fraction of sp³-hybridized carbons (Fsp3) is 0.273. The Morgan fingerprint density at radius 3 is 1.91 bits per heavy atom. The standard InChI is InChI=1S/C22H24/c1-3-17(2)20-15-10-16-21(20)22(18-11-6-4-7-12-18)19-13-8-5-9-14-19/h4-15,17,22H,3,16H2,1-2H3. The third-order valence-electron chi connectivity index (χ3n) is 4.76. The minimum Gasteiger partial charge on any atom is -0.0801 e. The molecule has 0 saturated carbocycles. The summed E-state index contributed by atoms with van der Waals surface area (Å²) in [5.41, 5.74) is 5.91. The molecule has 0 bridgehead atoms. The first-order valence-electron chi connectivity index (χ1n) is 8.30. The molecule has 0 nitrogen and oxygen atoms in total. The maximum absolute atomic E-state index is 2.35. The van der Waals surface area contributed by atoms with E-state index in [0.717, 1.165) is 6.42 Å². The Hall–Kier alpha value is -2.08. The summed E-state index contributed by atoms with van der Waals surface area (Å²) in [7, 11) is 0. The van der Waals surface area contributed by atoms with Gasteiger partial charge in [-0.05, 0) is 35.5 Å². The molecule has 22 heavy (non-hydrogen) atoms. The number of hydrogen-bond donors (Lipinski definition) is 0. The van der Waals surface area contributed by atoms with E-state index in [1.807, 2.05) is 0 Å². The molecule has 0 N–H and O–H groups in total. The van der Waals surface area contributed by atoms with Gasteiger partial charge in [0, 0.05) is 5.92 Å². The maximum atomic E-state index is 2.35. The lowest BCUT2D eigenvalue weighted by Gasteiger charge is -2.23. The molecule has 1 atom stereocenters. The van der Waals surface area contributed by atoms with Crippen LogP contribution in [0.2, 0.25) is 0 Å². The smallest absolute Gasteiger partial charge is 0.0307 e. The highest BCUT2D eigenvalue weighted by atomic mass is 14.3. The molecule has 0 heterocycles. The van der Waals surface area contributed by atoms with Crippen LogP contribution in [0.3, 0.4) is 0 Å². The van der Waals surface area contributed by atoms with Crippen LogP contribution in [-0.2, 0) is 0 Å². The zero-order valence-electron chi connectivity index (χ0n) is 13.5. The van der Waals surface area contributed by atoms with Crippen molar-refractivity contribution in [3.8, 4) is 0 Å². The molecule has 2 aromatic rings. The van der Waals surface area contributed by atoms with Gasteiger partial charge in [0.25, 0.3) is 0 Å². The number of hydrogen-bond acceptors (Lipinski definition) is 0. The summed E-state index contributed by atoms with van der Waals surface area (Å²) in [6, 6.07) is 21.8. The van der Waals surface area contributed by atoms with E-state index >= 15 is 0 Å². The van der Waals surface area contributed by atoms with Gasteiger partial charge in [-0.1, -0.05) is 92.2 Å². The van der Waals surface area contributed by atoms with Crippen molar-refractivity contribution in [2.45, 2.75) is 32.6 Å². The van der Waals surface area contributed by atoms with Crippen LogP contribution in [0.5, 0.6) is 0 Å². The van der Waals surface area contributed by atoms with Crippen LogP contribution in [0.4, 0.5) is 0 Å². The summed E-state index contributed by atoms with van der Waals surface area (Å²) in [6.07, 6.45) is 6.95. The lowest BCUT2D eigenvalue weighted by molar-refractivity contribution is 0.658. The zero-order valence-corrected chi connectivity index (χ0v) is 13.5. The molecule has 0 amide bonds. The summed E-state index contributed by atoms with van der Waals surface area (Å²) in [6.45, 7) is 4.62. The van der Waals surface area contributed by atoms with E-state index in [1.54, 1.807) is 11.1 Å². The SMILES string of the molecule is CCC(C)C1=C(C(c2ccccc2)c2ccccc2)CC=C1. The van der Waals surface area contributed by atoms with Crippen LogP contribution in [0.25, 0.3) is 0 Å². The van der Waals surface area contributed by atoms with Gasteiger partial charge in [-0.25, -0.2) is 0 Å². The fourth-order valence-electron chi connectivity index (χ4n) is 3.41. The van der Waals surface area contributed by atoms with Gasteiger partial charge in [0.05, 0.1) is 0 Å². The summed E-state index contributed by atoms with van der Waals surface area (Å²) in [4.78, 5) is 0. The first-order chi connectivity index (χ1) is 10.8. The van der Waals surface area contributed by atoms with Gasteiger partial charge in [-0.15, -0.1) is 0 Å². The van der Waals surface area contributed by atoms with Crippen molar-refractivity contribution in [3.05, 3.63) is 95.1 Å². The van der Waals surface area contributed by atoms with E-state index < -0.39 is 0 Å². The predicted molar refractivity (Wildman–Crippen MR) is 95.0 cm³/mol. The third kappa shape index (κ3) is 2.92. The number of benzene rings is 2. The molecule has 0 aromatic heterocycles.